The fourth-order valence-corrected chi connectivity index (χ4v) is 5.11. The Morgan fingerprint density at radius 3 is 2.40 bits per heavy atom. The molecule has 12 heteroatoms. The van der Waals surface area contributed by atoms with Crippen LogP contribution in [-0.2, 0) is 0 Å². The first kappa shape index (κ1) is 25.2. The van der Waals surface area contributed by atoms with Crippen LogP contribution in [0.5, 0.6) is 5.75 Å². The third kappa shape index (κ3) is 5.52. The Labute approximate surface area is 199 Å². The van der Waals surface area contributed by atoms with Crippen LogP contribution >= 0.6 is 10.2 Å². The smallest absolute Gasteiger partial charge is 0.325 e. The molecule has 1 aromatic carbocycles. The first-order valence-corrected chi connectivity index (χ1v) is 13.2. The summed E-state index contributed by atoms with van der Waals surface area (Å²) in [6, 6.07) is 5.24. The second-order valence-corrected chi connectivity index (χ2v) is 11.7. The lowest BCUT2D eigenvalue weighted by molar-refractivity contribution is 0.102. The summed E-state index contributed by atoms with van der Waals surface area (Å²) in [7, 11) is -8.66. The summed E-state index contributed by atoms with van der Waals surface area (Å²) < 4.78 is 72.7. The fourth-order valence-electron chi connectivity index (χ4n) is 4.50. The minimum Gasteiger partial charge on any atom is -0.494 e. The van der Waals surface area contributed by atoms with Crippen LogP contribution in [0, 0.1) is 11.8 Å². The first-order valence-electron chi connectivity index (χ1n) is 11.2. The lowest BCUT2D eigenvalue weighted by Gasteiger charge is -2.39. The number of carbonyl (C=O) groups is 1. The average molecular weight is 519 g/mol. The Morgan fingerprint density at radius 2 is 1.80 bits per heavy atom. The molecule has 2 aromatic heterocycles. The maximum absolute atomic E-state index is 13.1. The monoisotopic (exact) mass is 518 g/mol. The standard InChI is InChI=1S/C23H27F5N4O2S/c1-14(2)15-7-9-17(10-8-15)32-13-16-11-20(21(34-3)12-19(16)31-32)30-23(33)18-5-4-6-22(29-18)35(24,25,26,27)28/h4-6,11-15,17H,7-10H2,1-3H3,(H,30,33). The maximum atomic E-state index is 13.1. The predicted molar refractivity (Wildman–Crippen MR) is 126 cm³/mol. The van der Waals surface area contributed by atoms with Gasteiger partial charge in [-0.2, -0.15) is 5.10 Å². The van der Waals surface area contributed by atoms with Gasteiger partial charge in [-0.3, -0.25) is 9.48 Å². The Hall–Kier alpha value is -2.89. The number of benzene rings is 1. The van der Waals surface area contributed by atoms with Gasteiger partial charge < -0.3 is 10.1 Å². The number of halogens is 5. The number of nitrogens with zero attached hydrogens (tertiary/aromatic N) is 3. The van der Waals surface area contributed by atoms with Crippen molar-refractivity contribution in [3.63, 3.8) is 0 Å². The van der Waals surface area contributed by atoms with Gasteiger partial charge in [0, 0.05) is 17.6 Å². The largest absolute Gasteiger partial charge is 0.494 e. The number of aromatic nitrogens is 3. The zero-order valence-corrected chi connectivity index (χ0v) is 20.3. The fraction of sp³-hybridized carbons (Fsp3) is 0.435. The SMILES string of the molecule is COc1cc2nn(C3CCC(C(C)C)CC3)cc2cc1NC(=O)c1cccc(S(F)(F)(F)(F)F)n1. The van der Waals surface area contributed by atoms with Gasteiger partial charge in [0.05, 0.1) is 24.4 Å². The van der Waals surface area contributed by atoms with Crippen molar-refractivity contribution in [2.45, 2.75) is 50.6 Å². The predicted octanol–water partition coefficient (Wildman–Crippen LogP) is 7.74. The van der Waals surface area contributed by atoms with Crippen molar-refractivity contribution in [2.75, 3.05) is 12.4 Å². The van der Waals surface area contributed by atoms with Crippen molar-refractivity contribution in [3.8, 4) is 5.75 Å². The van der Waals surface area contributed by atoms with E-state index in [1.165, 1.54) is 7.11 Å². The van der Waals surface area contributed by atoms with Gasteiger partial charge in [0.15, 0.2) is 5.03 Å². The zero-order chi connectivity index (χ0) is 25.7. The van der Waals surface area contributed by atoms with Crippen molar-refractivity contribution in [2.24, 2.45) is 11.8 Å². The number of ether oxygens (including phenoxy) is 1. The number of hydrogen-bond acceptors (Lipinski definition) is 4. The summed E-state index contributed by atoms with van der Waals surface area (Å²) in [5.41, 5.74) is -0.00464. The van der Waals surface area contributed by atoms with E-state index in [-0.39, 0.29) is 23.5 Å². The molecule has 3 aromatic rings. The van der Waals surface area contributed by atoms with E-state index in [1.807, 2.05) is 10.9 Å². The van der Waals surface area contributed by atoms with Gasteiger partial charge in [0.25, 0.3) is 5.91 Å². The number of carbonyl (C=O) groups excluding carboxylic acids is 1. The van der Waals surface area contributed by atoms with Crippen LogP contribution in [0.15, 0.2) is 41.6 Å². The Kier molecular flexibility index (Phi) is 5.81. The molecule has 1 aliphatic rings. The highest BCUT2D eigenvalue weighted by atomic mass is 32.5. The average Bonchev–Trinajstić information content (AvgIpc) is 3.20. The van der Waals surface area contributed by atoms with Crippen molar-refractivity contribution in [3.05, 3.63) is 42.2 Å². The molecule has 4 rings (SSSR count). The molecule has 1 aliphatic carbocycles. The zero-order valence-electron chi connectivity index (χ0n) is 19.5. The molecular weight excluding hydrogens is 491 g/mol. The van der Waals surface area contributed by atoms with E-state index in [1.54, 1.807) is 12.1 Å². The normalized spacial score (nSPS) is 20.9. The lowest BCUT2D eigenvalue weighted by Crippen LogP contribution is -2.21. The maximum Gasteiger partial charge on any atom is 0.325 e. The third-order valence-corrected chi connectivity index (χ3v) is 7.52. The first-order chi connectivity index (χ1) is 16.1. The summed E-state index contributed by atoms with van der Waals surface area (Å²) in [6.07, 6.45) is 6.11. The van der Waals surface area contributed by atoms with E-state index in [0.717, 1.165) is 31.7 Å². The van der Waals surface area contributed by atoms with Gasteiger partial charge in [-0.25, -0.2) is 4.98 Å². The van der Waals surface area contributed by atoms with E-state index in [9.17, 15) is 24.2 Å². The number of methoxy groups -OCH3 is 1. The Balaban J connectivity index is 1.59. The molecule has 0 atom stereocenters. The minimum absolute atomic E-state index is 0.147. The molecule has 35 heavy (non-hydrogen) atoms. The van der Waals surface area contributed by atoms with Crippen molar-refractivity contribution < 1.29 is 29.0 Å². The van der Waals surface area contributed by atoms with Crippen LogP contribution in [-0.4, -0.2) is 27.8 Å². The highest BCUT2D eigenvalue weighted by Crippen LogP contribution is 3.01. The number of fused-ring (bicyclic) bond motifs is 1. The van der Waals surface area contributed by atoms with E-state index in [2.05, 4.69) is 29.2 Å². The van der Waals surface area contributed by atoms with E-state index in [4.69, 9.17) is 4.74 Å². The van der Waals surface area contributed by atoms with Gasteiger partial charge >= 0.3 is 10.2 Å². The van der Waals surface area contributed by atoms with Crippen LogP contribution < -0.4 is 10.1 Å². The number of rotatable bonds is 6. The van der Waals surface area contributed by atoms with Crippen LogP contribution in [0.4, 0.5) is 25.1 Å². The van der Waals surface area contributed by atoms with Gasteiger partial charge in [-0.05, 0) is 55.7 Å². The highest BCUT2D eigenvalue weighted by Gasteiger charge is 2.67. The van der Waals surface area contributed by atoms with Gasteiger partial charge in [0.2, 0.25) is 0 Å². The molecule has 0 unspecified atom stereocenters. The summed E-state index contributed by atoms with van der Waals surface area (Å²) >= 11 is 0. The van der Waals surface area contributed by atoms with Gasteiger partial charge in [0.1, 0.15) is 11.4 Å². The number of hydrogen-bond donors (Lipinski definition) is 1. The van der Waals surface area contributed by atoms with Crippen LogP contribution in [0.2, 0.25) is 0 Å². The molecule has 1 fully saturated rings. The Morgan fingerprint density at radius 1 is 1.11 bits per heavy atom. The molecule has 0 radical (unpaired) electrons. The molecular formula is C23H27F5N4O2S. The van der Waals surface area contributed by atoms with Crippen molar-refractivity contribution in [1.82, 2.24) is 14.8 Å². The molecule has 2 heterocycles. The quantitative estimate of drug-likeness (QED) is 0.339. The van der Waals surface area contributed by atoms with Crippen molar-refractivity contribution in [1.29, 1.82) is 0 Å². The van der Waals surface area contributed by atoms with E-state index >= 15 is 0 Å². The molecule has 0 spiro atoms. The topological polar surface area (TPSA) is 69.0 Å². The molecule has 192 valence electrons. The number of nitrogens with one attached hydrogen (secondary N) is 1. The molecule has 6 nitrogen and oxygen atoms in total. The lowest BCUT2D eigenvalue weighted by atomic mass is 9.80. The van der Waals surface area contributed by atoms with Crippen LogP contribution in [0.25, 0.3) is 10.9 Å². The summed E-state index contributed by atoms with van der Waals surface area (Å²) in [5, 5.41) is 5.40. The number of amides is 1. The summed E-state index contributed by atoms with van der Waals surface area (Å²) in [5.74, 6) is 0.487. The molecule has 1 amide bonds. The number of pyridine rings is 1. The van der Waals surface area contributed by atoms with E-state index < -0.39 is 26.9 Å². The summed E-state index contributed by atoms with van der Waals surface area (Å²) in [4.78, 5) is 15.5. The highest BCUT2D eigenvalue weighted by molar-refractivity contribution is 8.45. The van der Waals surface area contributed by atoms with Crippen molar-refractivity contribution >= 4 is 32.7 Å². The summed E-state index contributed by atoms with van der Waals surface area (Å²) in [6.45, 7) is 4.47. The molecule has 0 saturated heterocycles. The van der Waals surface area contributed by atoms with Crippen LogP contribution in [0.1, 0.15) is 56.1 Å². The second kappa shape index (κ2) is 8.07. The van der Waals surface area contributed by atoms with Gasteiger partial charge in [-0.1, -0.05) is 39.3 Å². The van der Waals surface area contributed by atoms with Crippen LogP contribution in [0.3, 0.4) is 0 Å². The van der Waals surface area contributed by atoms with E-state index in [0.29, 0.717) is 28.8 Å². The molecule has 0 aliphatic heterocycles. The van der Waals surface area contributed by atoms with Gasteiger partial charge in [-0.15, -0.1) is 0 Å². The second-order valence-electron chi connectivity index (χ2n) is 9.32. The molecule has 0 bridgehead atoms. The third-order valence-electron chi connectivity index (χ3n) is 6.50. The minimum atomic E-state index is -10.0. The Bertz CT molecular complexity index is 1270. The molecule has 1 saturated carbocycles. The number of anilines is 1. The molecule has 1 N–H and O–H groups in total.